The maximum atomic E-state index is 11.7. The molecular weight excluding hydrogens is 446 g/mol. The van der Waals surface area contributed by atoms with E-state index in [9.17, 15) is 35.4 Å². The van der Waals surface area contributed by atoms with Crippen molar-refractivity contribution in [2.45, 2.75) is 133 Å². The lowest BCUT2D eigenvalue weighted by Crippen LogP contribution is -2.60. The molecular formula is C24H45NO9. The molecule has 2 heterocycles. The number of ether oxygens (including phenoxy) is 2. The van der Waals surface area contributed by atoms with Crippen LogP contribution in [0.5, 0.6) is 0 Å². The van der Waals surface area contributed by atoms with E-state index in [4.69, 9.17) is 9.47 Å². The minimum atomic E-state index is -1.56. The fraction of sp³-hybridized carbons (Fsp3) is 0.958. The van der Waals surface area contributed by atoms with Crippen molar-refractivity contribution in [2.24, 2.45) is 0 Å². The molecule has 0 bridgehead atoms. The highest BCUT2D eigenvalue weighted by Crippen LogP contribution is 2.28. The molecule has 2 saturated heterocycles. The topological polar surface area (TPSA) is 169 Å². The molecule has 200 valence electrons. The van der Waals surface area contributed by atoms with Gasteiger partial charge in [-0.15, -0.1) is 0 Å². The van der Waals surface area contributed by atoms with E-state index >= 15 is 0 Å². The molecule has 0 aromatic heterocycles. The van der Waals surface area contributed by atoms with Crippen LogP contribution in [0.3, 0.4) is 0 Å². The first-order valence-corrected chi connectivity index (χ1v) is 12.9. The molecule has 0 spiro atoms. The Bertz CT molecular complexity index is 579. The molecule has 9 atom stereocenters. The molecule has 10 heteroatoms. The number of aliphatic hydroxyl groups is 6. The van der Waals surface area contributed by atoms with Crippen molar-refractivity contribution in [3.63, 3.8) is 0 Å². The molecule has 0 radical (unpaired) electrons. The second kappa shape index (κ2) is 15.4. The van der Waals surface area contributed by atoms with E-state index in [0.717, 1.165) is 51.4 Å². The Morgan fingerprint density at radius 3 is 2.09 bits per heavy atom. The van der Waals surface area contributed by atoms with Crippen molar-refractivity contribution in [2.75, 3.05) is 13.2 Å². The molecule has 7 N–H and O–H groups in total. The van der Waals surface area contributed by atoms with Gasteiger partial charge in [-0.05, 0) is 19.3 Å². The average molecular weight is 492 g/mol. The summed E-state index contributed by atoms with van der Waals surface area (Å²) in [5.41, 5.74) is 0. The number of ketones is 1. The Balaban J connectivity index is 1.75. The van der Waals surface area contributed by atoms with Gasteiger partial charge >= 0.3 is 0 Å². The number of nitrogens with one attached hydrogen (secondary N) is 1. The first-order chi connectivity index (χ1) is 16.3. The zero-order chi connectivity index (χ0) is 25.1. The van der Waals surface area contributed by atoms with Gasteiger partial charge in [0.2, 0.25) is 0 Å². The van der Waals surface area contributed by atoms with Crippen molar-refractivity contribution in [1.82, 2.24) is 5.32 Å². The number of hydrogen-bond donors (Lipinski definition) is 7. The highest BCUT2D eigenvalue weighted by atomic mass is 16.7. The SMILES string of the molecule is CCCCC(=O)CCCCCCCC[C@H]1N[C@H](CO)[C@H](O)[C@@H]1OC1OC(CO)C(O)C(O)C1O. The Labute approximate surface area is 202 Å². The summed E-state index contributed by atoms with van der Waals surface area (Å²) in [6, 6.07) is -0.888. The van der Waals surface area contributed by atoms with E-state index < -0.39 is 55.6 Å². The van der Waals surface area contributed by atoms with Gasteiger partial charge in [-0.1, -0.05) is 45.4 Å². The fourth-order valence-electron chi connectivity index (χ4n) is 4.75. The van der Waals surface area contributed by atoms with E-state index in [2.05, 4.69) is 12.2 Å². The van der Waals surface area contributed by atoms with Crippen molar-refractivity contribution < 1.29 is 44.9 Å². The van der Waals surface area contributed by atoms with E-state index in [1.807, 2.05) is 0 Å². The van der Waals surface area contributed by atoms with Gasteiger partial charge in [0.25, 0.3) is 0 Å². The smallest absolute Gasteiger partial charge is 0.187 e. The fourth-order valence-corrected chi connectivity index (χ4v) is 4.75. The third-order valence-electron chi connectivity index (χ3n) is 6.94. The first kappa shape index (κ1) is 29.5. The van der Waals surface area contributed by atoms with Crippen LogP contribution in [0.2, 0.25) is 0 Å². The Kier molecular flexibility index (Phi) is 13.4. The number of carbonyl (C=O) groups excluding carboxylic acids is 1. The van der Waals surface area contributed by atoms with Crippen LogP contribution in [0.1, 0.15) is 77.6 Å². The average Bonchev–Trinajstić information content (AvgIpc) is 3.13. The van der Waals surface area contributed by atoms with Gasteiger partial charge in [0, 0.05) is 18.9 Å². The highest BCUT2D eigenvalue weighted by molar-refractivity contribution is 5.78. The maximum absolute atomic E-state index is 11.7. The van der Waals surface area contributed by atoms with E-state index in [1.165, 1.54) is 0 Å². The van der Waals surface area contributed by atoms with E-state index in [-0.39, 0.29) is 12.6 Å². The highest BCUT2D eigenvalue weighted by Gasteiger charge is 2.49. The van der Waals surface area contributed by atoms with Crippen LogP contribution in [-0.2, 0) is 14.3 Å². The van der Waals surface area contributed by atoms with Crippen molar-refractivity contribution in [3.8, 4) is 0 Å². The van der Waals surface area contributed by atoms with Gasteiger partial charge in [-0.3, -0.25) is 4.79 Å². The third-order valence-corrected chi connectivity index (χ3v) is 6.94. The van der Waals surface area contributed by atoms with Crippen LogP contribution < -0.4 is 5.32 Å². The molecule has 2 aliphatic heterocycles. The molecule has 0 saturated carbocycles. The molecule has 5 unspecified atom stereocenters. The van der Waals surface area contributed by atoms with Crippen LogP contribution in [0.25, 0.3) is 0 Å². The number of unbranched alkanes of at least 4 members (excludes halogenated alkanes) is 6. The van der Waals surface area contributed by atoms with Gasteiger partial charge in [-0.25, -0.2) is 0 Å². The Morgan fingerprint density at radius 2 is 1.44 bits per heavy atom. The summed E-state index contributed by atoms with van der Waals surface area (Å²) in [4.78, 5) is 11.7. The lowest BCUT2D eigenvalue weighted by Gasteiger charge is -2.41. The van der Waals surface area contributed by atoms with Crippen molar-refractivity contribution >= 4 is 5.78 Å². The summed E-state index contributed by atoms with van der Waals surface area (Å²) in [6.07, 6.45) is 1.11. The van der Waals surface area contributed by atoms with Crippen LogP contribution in [-0.4, -0.2) is 105 Å². The second-order valence-electron chi connectivity index (χ2n) is 9.65. The number of hydrogen-bond acceptors (Lipinski definition) is 10. The predicted molar refractivity (Wildman–Crippen MR) is 124 cm³/mol. The third kappa shape index (κ3) is 8.46. The minimum absolute atomic E-state index is 0.289. The van der Waals surface area contributed by atoms with E-state index in [0.29, 0.717) is 25.0 Å². The van der Waals surface area contributed by atoms with Crippen molar-refractivity contribution in [1.29, 1.82) is 0 Å². The maximum Gasteiger partial charge on any atom is 0.187 e. The summed E-state index contributed by atoms with van der Waals surface area (Å²) in [6.45, 7) is 1.23. The van der Waals surface area contributed by atoms with Gasteiger partial charge in [-0.2, -0.15) is 0 Å². The van der Waals surface area contributed by atoms with Crippen LogP contribution in [0.4, 0.5) is 0 Å². The van der Waals surface area contributed by atoms with Gasteiger partial charge in [0.15, 0.2) is 6.29 Å². The summed E-state index contributed by atoms with van der Waals surface area (Å²) in [5.74, 6) is 0.358. The lowest BCUT2D eigenvalue weighted by atomic mass is 9.98. The van der Waals surface area contributed by atoms with Crippen LogP contribution in [0, 0.1) is 0 Å². The number of Topliss-reactive ketones (excluding diaryl/α,β-unsaturated/α-hetero) is 1. The van der Waals surface area contributed by atoms with Gasteiger partial charge in [0.05, 0.1) is 25.4 Å². The van der Waals surface area contributed by atoms with Crippen LogP contribution >= 0.6 is 0 Å². The molecule has 34 heavy (non-hydrogen) atoms. The largest absolute Gasteiger partial charge is 0.395 e. The molecule has 0 amide bonds. The van der Waals surface area contributed by atoms with Crippen molar-refractivity contribution in [3.05, 3.63) is 0 Å². The molecule has 2 rings (SSSR count). The zero-order valence-electron chi connectivity index (χ0n) is 20.3. The monoisotopic (exact) mass is 491 g/mol. The zero-order valence-corrected chi connectivity index (χ0v) is 20.3. The second-order valence-corrected chi connectivity index (χ2v) is 9.65. The van der Waals surface area contributed by atoms with Gasteiger partial charge < -0.3 is 45.4 Å². The number of rotatable bonds is 16. The Hall–Kier alpha value is -0.690. The quantitative estimate of drug-likeness (QED) is 0.143. The molecule has 2 aliphatic rings. The first-order valence-electron chi connectivity index (χ1n) is 12.9. The predicted octanol–water partition coefficient (Wildman–Crippen LogP) is -0.255. The number of aliphatic hydroxyl groups excluding tert-OH is 6. The summed E-state index contributed by atoms with van der Waals surface area (Å²) in [5, 5.41) is 62.9. The molecule has 0 aromatic rings. The minimum Gasteiger partial charge on any atom is -0.395 e. The standard InChI is InChI=1S/C24H45NO9/c1-2-3-10-15(28)11-8-6-4-5-7-9-12-16-23(19(29)17(13-26)25-16)34-24-22(32)21(31)20(30)18(14-27)33-24/h16-27,29-32H,2-14H2,1H3/t16-,17-,18?,19+,20?,21?,22?,23-,24?/m1/s1. The molecule has 10 nitrogen and oxygen atoms in total. The summed E-state index contributed by atoms with van der Waals surface area (Å²) >= 11 is 0. The molecule has 0 aromatic carbocycles. The number of carbonyl (C=O) groups is 1. The van der Waals surface area contributed by atoms with Gasteiger partial charge in [0.1, 0.15) is 36.3 Å². The normalized spacial score (nSPS) is 36.1. The summed E-state index contributed by atoms with van der Waals surface area (Å²) in [7, 11) is 0. The van der Waals surface area contributed by atoms with Crippen LogP contribution in [0.15, 0.2) is 0 Å². The summed E-state index contributed by atoms with van der Waals surface area (Å²) < 4.78 is 11.2. The lowest BCUT2D eigenvalue weighted by molar-refractivity contribution is -0.316. The Morgan fingerprint density at radius 1 is 0.794 bits per heavy atom. The van der Waals surface area contributed by atoms with E-state index in [1.54, 1.807) is 0 Å². The molecule has 0 aliphatic carbocycles. The molecule has 2 fully saturated rings.